The molecule has 0 radical (unpaired) electrons. The Hall–Kier alpha value is -3.33. The van der Waals surface area contributed by atoms with Crippen LogP contribution < -0.4 is 0 Å². The van der Waals surface area contributed by atoms with Crippen LogP contribution in [0.2, 0.25) is 0 Å². The summed E-state index contributed by atoms with van der Waals surface area (Å²) in [6.45, 7) is 0.700. The van der Waals surface area contributed by atoms with Gasteiger partial charge in [-0.25, -0.2) is 0 Å². The maximum absolute atomic E-state index is 13.3. The summed E-state index contributed by atoms with van der Waals surface area (Å²) >= 11 is 0. The van der Waals surface area contributed by atoms with Crippen molar-refractivity contribution in [3.05, 3.63) is 107 Å². The van der Waals surface area contributed by atoms with Crippen LogP contribution in [-0.2, 0) is 13.5 Å². The summed E-state index contributed by atoms with van der Waals surface area (Å²) in [6, 6.07) is 26.8. The quantitative estimate of drug-likeness (QED) is 0.501. The smallest absolute Gasteiger partial charge is 0.255 e. The second kappa shape index (κ2) is 6.68. The van der Waals surface area contributed by atoms with E-state index in [9.17, 15) is 4.79 Å². The molecule has 138 valence electrons. The van der Waals surface area contributed by atoms with E-state index in [2.05, 4.69) is 72.4 Å². The summed E-state index contributed by atoms with van der Waals surface area (Å²) in [5.41, 5.74) is 5.58. The minimum atomic E-state index is -0.0430. The van der Waals surface area contributed by atoms with Gasteiger partial charge in [-0.05, 0) is 29.7 Å². The van der Waals surface area contributed by atoms with Crippen LogP contribution in [0.25, 0.3) is 10.9 Å². The first kappa shape index (κ1) is 16.8. The Labute approximate surface area is 164 Å². The maximum atomic E-state index is 13.3. The second-order valence-electron chi connectivity index (χ2n) is 7.44. The number of hydrogen-bond donors (Lipinski definition) is 0. The fourth-order valence-electron chi connectivity index (χ4n) is 4.42. The van der Waals surface area contributed by atoms with Crippen LogP contribution in [-0.4, -0.2) is 21.9 Å². The number of fused-ring (bicyclic) bond motifs is 2. The van der Waals surface area contributed by atoms with Crippen LogP contribution in [0, 0.1) is 0 Å². The van der Waals surface area contributed by atoms with Crippen molar-refractivity contribution < 1.29 is 4.79 Å². The number of rotatable bonds is 4. The van der Waals surface area contributed by atoms with Crippen LogP contribution in [0.5, 0.6) is 0 Å². The van der Waals surface area contributed by atoms with Gasteiger partial charge in [0.05, 0.1) is 6.04 Å². The number of para-hydroxylation sites is 1. The van der Waals surface area contributed by atoms with Crippen LogP contribution >= 0.6 is 0 Å². The van der Waals surface area contributed by atoms with Crippen molar-refractivity contribution in [2.75, 3.05) is 6.54 Å². The van der Waals surface area contributed by atoms with E-state index in [1.54, 1.807) is 0 Å². The molecule has 3 nitrogen and oxygen atoms in total. The molecule has 3 heteroatoms. The molecule has 1 aliphatic heterocycles. The van der Waals surface area contributed by atoms with Crippen molar-refractivity contribution in [3.8, 4) is 0 Å². The Morgan fingerprint density at radius 3 is 2.39 bits per heavy atom. The molecule has 1 aromatic heterocycles. The van der Waals surface area contributed by atoms with Gasteiger partial charge >= 0.3 is 0 Å². The summed E-state index contributed by atoms with van der Waals surface area (Å²) < 4.78 is 2.16. The number of benzene rings is 3. The molecule has 2 heterocycles. The van der Waals surface area contributed by atoms with E-state index in [1.807, 2.05) is 29.2 Å². The third-order valence-corrected chi connectivity index (χ3v) is 5.76. The molecule has 3 aromatic carbocycles. The molecule has 0 saturated heterocycles. The number of amides is 1. The highest BCUT2D eigenvalue weighted by molar-refractivity contribution is 6.00. The zero-order valence-corrected chi connectivity index (χ0v) is 15.9. The molecule has 0 bridgehead atoms. The zero-order valence-electron chi connectivity index (χ0n) is 15.9. The predicted molar refractivity (Wildman–Crippen MR) is 112 cm³/mol. The molecular formula is C25H22N2O. The van der Waals surface area contributed by atoms with Gasteiger partial charge in [-0.3, -0.25) is 4.79 Å². The summed E-state index contributed by atoms with van der Waals surface area (Å²) in [6.07, 6.45) is 3.03. The van der Waals surface area contributed by atoms with Crippen LogP contribution in [0.4, 0.5) is 0 Å². The Morgan fingerprint density at radius 2 is 1.54 bits per heavy atom. The molecule has 28 heavy (non-hydrogen) atoms. The Balaban J connectivity index is 1.60. The summed E-state index contributed by atoms with van der Waals surface area (Å²) in [4.78, 5) is 15.3. The van der Waals surface area contributed by atoms with Crippen molar-refractivity contribution >= 4 is 16.8 Å². The molecular weight excluding hydrogens is 344 g/mol. The molecule has 0 aliphatic carbocycles. The summed E-state index contributed by atoms with van der Waals surface area (Å²) in [7, 11) is 2.07. The van der Waals surface area contributed by atoms with Gasteiger partial charge in [0.2, 0.25) is 0 Å². The van der Waals surface area contributed by atoms with E-state index in [1.165, 1.54) is 22.0 Å². The largest absolute Gasteiger partial charge is 0.350 e. The van der Waals surface area contributed by atoms with Gasteiger partial charge in [-0.15, -0.1) is 0 Å². The first-order chi connectivity index (χ1) is 13.7. The minimum absolute atomic E-state index is 0.0430. The predicted octanol–water partition coefficient (Wildman–Crippen LogP) is 4.97. The Morgan fingerprint density at radius 1 is 0.821 bits per heavy atom. The average Bonchev–Trinajstić information content (AvgIpc) is 3.22. The zero-order chi connectivity index (χ0) is 19.1. The van der Waals surface area contributed by atoms with Gasteiger partial charge in [-0.2, -0.15) is 0 Å². The maximum Gasteiger partial charge on any atom is 0.255 e. The normalized spacial score (nSPS) is 16.0. The van der Waals surface area contributed by atoms with E-state index in [0.717, 1.165) is 17.5 Å². The first-order valence-corrected chi connectivity index (χ1v) is 9.72. The number of aryl methyl sites for hydroxylation is 1. The van der Waals surface area contributed by atoms with Crippen molar-refractivity contribution in [1.82, 2.24) is 9.47 Å². The molecule has 1 amide bonds. The summed E-state index contributed by atoms with van der Waals surface area (Å²) in [5, 5.41) is 1.21. The topological polar surface area (TPSA) is 25.2 Å². The van der Waals surface area contributed by atoms with Crippen molar-refractivity contribution in [2.45, 2.75) is 12.5 Å². The highest BCUT2D eigenvalue weighted by Gasteiger charge is 2.38. The van der Waals surface area contributed by atoms with Gasteiger partial charge in [0.15, 0.2) is 0 Å². The number of carbonyl (C=O) groups is 1. The van der Waals surface area contributed by atoms with E-state index < -0.39 is 0 Å². The molecule has 0 unspecified atom stereocenters. The van der Waals surface area contributed by atoms with Crippen molar-refractivity contribution in [3.63, 3.8) is 0 Å². The standard InChI is InChI=1S/C25H22N2O/c1-26-17-22(19-11-7-8-14-23(19)26)24-20-12-5-6-13-21(20)25(28)27(24)16-15-18-9-3-2-4-10-18/h2-14,17,24H,15-16H2,1H3/t24-/m0/s1. The number of carbonyl (C=O) groups excluding carboxylic acids is 1. The van der Waals surface area contributed by atoms with Crippen LogP contribution in [0.3, 0.4) is 0 Å². The number of hydrogen-bond acceptors (Lipinski definition) is 1. The number of nitrogens with zero attached hydrogens (tertiary/aromatic N) is 2. The lowest BCUT2D eigenvalue weighted by Gasteiger charge is -2.25. The van der Waals surface area contributed by atoms with Crippen LogP contribution in [0.15, 0.2) is 85.1 Å². The lowest BCUT2D eigenvalue weighted by atomic mass is 9.97. The SMILES string of the molecule is Cn1cc([C@@H]2c3ccccc3C(=O)N2CCc2ccccc2)c2ccccc21. The lowest BCUT2D eigenvalue weighted by molar-refractivity contribution is 0.0752. The van der Waals surface area contributed by atoms with Crippen molar-refractivity contribution in [2.24, 2.45) is 7.05 Å². The first-order valence-electron chi connectivity index (χ1n) is 9.72. The van der Waals surface area contributed by atoms with E-state index in [4.69, 9.17) is 0 Å². The molecule has 5 rings (SSSR count). The molecule has 0 N–H and O–H groups in total. The van der Waals surface area contributed by atoms with Gasteiger partial charge in [-0.1, -0.05) is 66.7 Å². The molecule has 1 aliphatic rings. The fourth-order valence-corrected chi connectivity index (χ4v) is 4.42. The van der Waals surface area contributed by atoms with Crippen LogP contribution in [0.1, 0.15) is 33.1 Å². The molecule has 0 fully saturated rings. The Bertz CT molecular complexity index is 1160. The third kappa shape index (κ3) is 2.63. The average molecular weight is 366 g/mol. The molecule has 1 atom stereocenters. The highest BCUT2D eigenvalue weighted by Crippen LogP contribution is 2.41. The van der Waals surface area contributed by atoms with Gasteiger partial charge in [0.1, 0.15) is 0 Å². The fraction of sp³-hybridized carbons (Fsp3) is 0.160. The molecule has 4 aromatic rings. The van der Waals surface area contributed by atoms with Gasteiger partial charge in [0, 0.05) is 41.8 Å². The third-order valence-electron chi connectivity index (χ3n) is 5.76. The van der Waals surface area contributed by atoms with Gasteiger partial charge in [0.25, 0.3) is 5.91 Å². The highest BCUT2D eigenvalue weighted by atomic mass is 16.2. The molecule has 0 saturated carbocycles. The van der Waals surface area contributed by atoms with E-state index in [0.29, 0.717) is 6.54 Å². The summed E-state index contributed by atoms with van der Waals surface area (Å²) in [5.74, 6) is 0.129. The van der Waals surface area contributed by atoms with E-state index >= 15 is 0 Å². The van der Waals surface area contributed by atoms with Gasteiger partial charge < -0.3 is 9.47 Å². The van der Waals surface area contributed by atoms with E-state index in [-0.39, 0.29) is 11.9 Å². The number of aromatic nitrogens is 1. The minimum Gasteiger partial charge on any atom is -0.350 e. The lowest BCUT2D eigenvalue weighted by Crippen LogP contribution is -2.30. The van der Waals surface area contributed by atoms with Crippen molar-refractivity contribution in [1.29, 1.82) is 0 Å². The molecule has 0 spiro atoms. The second-order valence-corrected chi connectivity index (χ2v) is 7.44. The Kier molecular flexibility index (Phi) is 4.01. The monoisotopic (exact) mass is 366 g/mol.